The van der Waals surface area contributed by atoms with Crippen molar-refractivity contribution in [2.45, 2.75) is 74.0 Å². The van der Waals surface area contributed by atoms with E-state index >= 15 is 0 Å². The monoisotopic (exact) mass is 658 g/mol. The largest absolute Gasteiger partial charge is 0.382 e. The fourth-order valence-electron chi connectivity index (χ4n) is 3.68. The SMILES string of the molecule is CCOC(OCC)N(COCN(C(N)=O)C(OCC)(OCC)OCC)C(=O)NCOCN(C(N)=O)C(OCC)(OCC)OCC. The Kier molecular flexibility index (Phi) is 22.3. The standard InChI is InChI=1S/C26H54N6O13/c1-9-38-24(39-10-2)30(18-37-20-32(22(28)34)26(43-14-6,44-15-7)45-16-8)23(35)29-17-36-19-31(21(27)33)25(40-11-3,41-12-4)42-13-5/h24H,9-20H2,1-8H3,(H2,27,33)(H2,28,34)(H,29,35). The van der Waals surface area contributed by atoms with Gasteiger partial charge in [-0.15, -0.1) is 0 Å². The van der Waals surface area contributed by atoms with Crippen LogP contribution >= 0.6 is 0 Å². The summed E-state index contributed by atoms with van der Waals surface area (Å²) in [5.41, 5.74) is 11.2. The highest BCUT2D eigenvalue weighted by Gasteiger charge is 2.44. The van der Waals surface area contributed by atoms with E-state index in [1.54, 1.807) is 55.4 Å². The molecular weight excluding hydrogens is 604 g/mol. The van der Waals surface area contributed by atoms with Gasteiger partial charge in [-0.2, -0.15) is 0 Å². The molecule has 0 fully saturated rings. The second-order valence-corrected chi connectivity index (χ2v) is 8.29. The number of amides is 6. The van der Waals surface area contributed by atoms with Gasteiger partial charge in [0.15, 0.2) is 0 Å². The van der Waals surface area contributed by atoms with Crippen LogP contribution in [0.2, 0.25) is 0 Å². The quantitative estimate of drug-likeness (QED) is 0.0841. The molecule has 0 unspecified atom stereocenters. The first-order valence-corrected chi connectivity index (χ1v) is 14.9. The lowest BCUT2D eigenvalue weighted by Gasteiger charge is -2.40. The highest BCUT2D eigenvalue weighted by atomic mass is 16.9. The zero-order valence-electron chi connectivity index (χ0n) is 27.9. The van der Waals surface area contributed by atoms with Crippen LogP contribution in [-0.2, 0) is 47.4 Å². The fourth-order valence-corrected chi connectivity index (χ4v) is 3.68. The van der Waals surface area contributed by atoms with Crippen molar-refractivity contribution in [1.29, 1.82) is 0 Å². The van der Waals surface area contributed by atoms with Crippen LogP contribution in [0.3, 0.4) is 0 Å². The Bertz CT molecular complexity index is 788. The number of carbonyl (C=O) groups is 3. The third-order valence-corrected chi connectivity index (χ3v) is 5.28. The molecule has 0 aromatic heterocycles. The molecule has 0 aromatic carbocycles. The Labute approximate surface area is 265 Å². The average Bonchev–Trinajstić information content (AvgIpc) is 2.97. The number of ether oxygens (including phenoxy) is 10. The van der Waals surface area contributed by atoms with Crippen LogP contribution in [0.25, 0.3) is 0 Å². The molecule has 0 radical (unpaired) electrons. The Morgan fingerprint density at radius 1 is 0.578 bits per heavy atom. The Morgan fingerprint density at radius 2 is 0.933 bits per heavy atom. The van der Waals surface area contributed by atoms with Crippen molar-refractivity contribution < 1.29 is 61.8 Å². The van der Waals surface area contributed by atoms with Gasteiger partial charge in [0.1, 0.15) is 26.9 Å². The second kappa shape index (κ2) is 23.7. The number of hydrogen-bond donors (Lipinski definition) is 3. The molecule has 0 bridgehead atoms. The minimum absolute atomic E-state index is 0.114. The van der Waals surface area contributed by atoms with E-state index < -0.39 is 63.6 Å². The first kappa shape index (κ1) is 42.4. The van der Waals surface area contributed by atoms with Gasteiger partial charge in [-0.1, -0.05) is 0 Å². The van der Waals surface area contributed by atoms with Gasteiger partial charge in [0.25, 0.3) is 0 Å². The molecule has 0 aliphatic carbocycles. The molecule has 266 valence electrons. The predicted octanol–water partition coefficient (Wildman–Crippen LogP) is 1.42. The third kappa shape index (κ3) is 13.7. The lowest BCUT2D eigenvalue weighted by Crippen LogP contribution is -2.60. The van der Waals surface area contributed by atoms with E-state index in [9.17, 15) is 14.4 Å². The number of nitrogens with two attached hydrogens (primary N) is 2. The molecule has 0 saturated heterocycles. The highest BCUT2D eigenvalue weighted by Crippen LogP contribution is 2.23. The summed E-state index contributed by atoms with van der Waals surface area (Å²) >= 11 is 0. The summed E-state index contributed by atoms with van der Waals surface area (Å²) in [4.78, 5) is 40.8. The topological polar surface area (TPSA) is 217 Å². The van der Waals surface area contributed by atoms with E-state index in [1.165, 1.54) is 0 Å². The van der Waals surface area contributed by atoms with E-state index in [0.29, 0.717) is 0 Å². The van der Waals surface area contributed by atoms with Crippen LogP contribution in [0, 0.1) is 0 Å². The molecule has 19 heteroatoms. The maximum absolute atomic E-state index is 13.3. The van der Waals surface area contributed by atoms with Crippen LogP contribution in [0.1, 0.15) is 55.4 Å². The van der Waals surface area contributed by atoms with Gasteiger partial charge in [-0.3, -0.25) is 4.90 Å². The van der Waals surface area contributed by atoms with E-state index in [4.69, 9.17) is 58.8 Å². The first-order chi connectivity index (χ1) is 21.5. The number of carbonyl (C=O) groups excluding carboxylic acids is 3. The lowest BCUT2D eigenvalue weighted by molar-refractivity contribution is -0.439. The summed E-state index contributed by atoms with van der Waals surface area (Å²) in [7, 11) is 0. The fraction of sp³-hybridized carbons (Fsp3) is 0.885. The van der Waals surface area contributed by atoms with E-state index in [1.807, 2.05) is 0 Å². The summed E-state index contributed by atoms with van der Waals surface area (Å²) in [6.07, 6.45) is -5.09. The minimum Gasteiger partial charge on any atom is -0.351 e. The molecule has 5 N–H and O–H groups in total. The average molecular weight is 659 g/mol. The number of nitrogens with zero attached hydrogens (tertiary/aromatic N) is 3. The molecule has 0 aliphatic rings. The normalized spacial score (nSPS) is 11.9. The Hall–Kier alpha value is -2.59. The van der Waals surface area contributed by atoms with Crippen LogP contribution in [-0.4, -0.2) is 131 Å². The van der Waals surface area contributed by atoms with Crippen molar-refractivity contribution in [3.63, 3.8) is 0 Å². The van der Waals surface area contributed by atoms with Crippen LogP contribution in [0.5, 0.6) is 0 Å². The van der Waals surface area contributed by atoms with Crippen molar-refractivity contribution in [3.05, 3.63) is 0 Å². The van der Waals surface area contributed by atoms with Gasteiger partial charge < -0.3 is 64.2 Å². The molecule has 6 amide bonds. The number of rotatable bonds is 27. The summed E-state index contributed by atoms with van der Waals surface area (Å²) in [6, 6.07) is -2.68. The van der Waals surface area contributed by atoms with Crippen molar-refractivity contribution >= 4 is 18.1 Å². The number of hydrogen-bond acceptors (Lipinski definition) is 13. The van der Waals surface area contributed by atoms with Crippen LogP contribution < -0.4 is 16.8 Å². The molecule has 0 rings (SSSR count). The zero-order valence-corrected chi connectivity index (χ0v) is 27.9. The summed E-state index contributed by atoms with van der Waals surface area (Å²) in [5, 5.41) is 2.52. The van der Waals surface area contributed by atoms with Gasteiger partial charge in [-0.05, 0) is 55.4 Å². The molecule has 0 aromatic rings. The molecule has 0 heterocycles. The molecule has 45 heavy (non-hydrogen) atoms. The van der Waals surface area contributed by atoms with E-state index in [0.717, 1.165) is 14.7 Å². The van der Waals surface area contributed by atoms with Gasteiger partial charge in [0, 0.05) is 13.2 Å². The smallest absolute Gasteiger partial charge is 0.351 e. The maximum atomic E-state index is 13.3. The minimum atomic E-state index is -1.96. The van der Waals surface area contributed by atoms with Gasteiger partial charge in [-0.25, -0.2) is 24.2 Å². The van der Waals surface area contributed by atoms with Crippen molar-refractivity contribution in [2.24, 2.45) is 11.5 Å². The Morgan fingerprint density at radius 3 is 1.24 bits per heavy atom. The number of primary amides is 2. The van der Waals surface area contributed by atoms with Crippen molar-refractivity contribution in [3.8, 4) is 0 Å². The molecule has 0 atom stereocenters. The number of urea groups is 3. The number of nitrogens with one attached hydrogen (secondary N) is 1. The van der Waals surface area contributed by atoms with E-state index in [2.05, 4.69) is 5.32 Å². The first-order valence-electron chi connectivity index (χ1n) is 14.9. The third-order valence-electron chi connectivity index (χ3n) is 5.28. The van der Waals surface area contributed by atoms with Crippen LogP contribution in [0.15, 0.2) is 0 Å². The molecule has 19 nitrogen and oxygen atoms in total. The van der Waals surface area contributed by atoms with Gasteiger partial charge >= 0.3 is 30.3 Å². The van der Waals surface area contributed by atoms with Gasteiger partial charge in [0.05, 0.1) is 39.6 Å². The van der Waals surface area contributed by atoms with E-state index in [-0.39, 0.29) is 52.9 Å². The summed E-state index contributed by atoms with van der Waals surface area (Å²) in [5.74, 6) is 0. The highest BCUT2D eigenvalue weighted by molar-refractivity contribution is 5.74. The second-order valence-electron chi connectivity index (χ2n) is 8.29. The zero-order chi connectivity index (χ0) is 34.3. The van der Waals surface area contributed by atoms with Crippen LogP contribution in [0.4, 0.5) is 14.4 Å². The molecule has 0 aliphatic heterocycles. The molecule has 0 spiro atoms. The van der Waals surface area contributed by atoms with Gasteiger partial charge in [0.2, 0.25) is 6.41 Å². The summed E-state index contributed by atoms with van der Waals surface area (Å²) < 4.78 is 55.9. The molecule has 0 saturated carbocycles. The predicted molar refractivity (Wildman–Crippen MR) is 157 cm³/mol. The van der Waals surface area contributed by atoms with Crippen molar-refractivity contribution in [1.82, 2.24) is 20.0 Å². The summed E-state index contributed by atoms with van der Waals surface area (Å²) in [6.45, 7) is 12.7. The lowest BCUT2D eigenvalue weighted by atomic mass is 10.6. The van der Waals surface area contributed by atoms with Crippen molar-refractivity contribution in [2.75, 3.05) is 79.8 Å². The molecular formula is C26H54N6O13. The maximum Gasteiger partial charge on any atom is 0.382 e. The Balaban J connectivity index is 5.79.